The summed E-state index contributed by atoms with van der Waals surface area (Å²) in [7, 11) is 0. The van der Waals surface area contributed by atoms with Gasteiger partial charge in [0.25, 0.3) is 0 Å². The van der Waals surface area contributed by atoms with Crippen LogP contribution in [0.5, 0.6) is 5.75 Å². The Morgan fingerprint density at radius 1 is 1.35 bits per heavy atom. The molecule has 2 nitrogen and oxygen atoms in total. The Morgan fingerprint density at radius 2 is 2.06 bits per heavy atom. The molecule has 1 aromatic rings. The van der Waals surface area contributed by atoms with E-state index in [1.165, 1.54) is 12.8 Å². The number of nitrogens with one attached hydrogen (secondary N) is 1. The molecule has 0 atom stereocenters. The molecule has 0 amide bonds. The molecular formula is C14H20BrNO. The third kappa shape index (κ3) is 4.32. The lowest BCUT2D eigenvalue weighted by molar-refractivity contribution is 0.175. The zero-order chi connectivity index (χ0) is 12.3. The maximum Gasteiger partial charge on any atom is 0.133 e. The lowest BCUT2D eigenvalue weighted by atomic mass is 9.95. The standard InChI is InChI=1S/C14H20BrNO/c1-14(2,9-16-11-7-8-11)10-17-13-6-4-3-5-12(13)15/h3-6,11,16H,7-10H2,1-2H3. The van der Waals surface area contributed by atoms with Crippen LogP contribution in [-0.2, 0) is 0 Å². The quantitative estimate of drug-likeness (QED) is 0.866. The summed E-state index contributed by atoms with van der Waals surface area (Å²) in [5, 5.41) is 3.56. The van der Waals surface area contributed by atoms with Crippen LogP contribution in [0.4, 0.5) is 0 Å². The summed E-state index contributed by atoms with van der Waals surface area (Å²) in [5.41, 5.74) is 0.165. The topological polar surface area (TPSA) is 21.3 Å². The van der Waals surface area contributed by atoms with Gasteiger partial charge in [0.1, 0.15) is 5.75 Å². The molecule has 94 valence electrons. The lowest BCUT2D eigenvalue weighted by Crippen LogP contribution is -2.35. The monoisotopic (exact) mass is 297 g/mol. The summed E-state index contributed by atoms with van der Waals surface area (Å²) in [6, 6.07) is 8.75. The summed E-state index contributed by atoms with van der Waals surface area (Å²) >= 11 is 3.50. The van der Waals surface area contributed by atoms with Gasteiger partial charge in [-0.25, -0.2) is 0 Å². The summed E-state index contributed by atoms with van der Waals surface area (Å²) < 4.78 is 6.89. The number of benzene rings is 1. The Balaban J connectivity index is 1.81. The van der Waals surface area contributed by atoms with Gasteiger partial charge >= 0.3 is 0 Å². The smallest absolute Gasteiger partial charge is 0.133 e. The summed E-state index contributed by atoms with van der Waals surface area (Å²) in [5.74, 6) is 0.923. The van der Waals surface area contributed by atoms with Gasteiger partial charge in [-0.05, 0) is 40.9 Å². The molecule has 0 aromatic heterocycles. The second-order valence-corrected chi connectivity index (χ2v) is 6.39. The number of hydrogen-bond acceptors (Lipinski definition) is 2. The van der Waals surface area contributed by atoms with Crippen molar-refractivity contribution < 1.29 is 4.74 Å². The lowest BCUT2D eigenvalue weighted by Gasteiger charge is -2.25. The largest absolute Gasteiger partial charge is 0.492 e. The van der Waals surface area contributed by atoms with Crippen LogP contribution in [-0.4, -0.2) is 19.2 Å². The molecule has 1 aromatic carbocycles. The minimum Gasteiger partial charge on any atom is -0.492 e. The Hall–Kier alpha value is -0.540. The Kier molecular flexibility index (Phi) is 4.10. The summed E-state index contributed by atoms with van der Waals surface area (Å²) in [6.07, 6.45) is 2.67. The van der Waals surface area contributed by atoms with Crippen molar-refractivity contribution in [1.29, 1.82) is 0 Å². The Labute approximate surface area is 112 Å². The van der Waals surface area contributed by atoms with Crippen LogP contribution in [0.1, 0.15) is 26.7 Å². The van der Waals surface area contributed by atoms with Crippen molar-refractivity contribution in [3.63, 3.8) is 0 Å². The van der Waals surface area contributed by atoms with Crippen molar-refractivity contribution in [3.05, 3.63) is 28.7 Å². The van der Waals surface area contributed by atoms with Gasteiger partial charge in [0.15, 0.2) is 0 Å². The molecule has 3 heteroatoms. The maximum absolute atomic E-state index is 5.87. The molecule has 0 heterocycles. The van der Waals surface area contributed by atoms with Crippen LogP contribution >= 0.6 is 15.9 Å². The van der Waals surface area contributed by atoms with E-state index in [0.29, 0.717) is 0 Å². The predicted octanol–water partition coefficient (Wildman–Crippen LogP) is 3.61. The third-order valence-corrected chi connectivity index (χ3v) is 3.56. The second-order valence-electron chi connectivity index (χ2n) is 5.54. The average Bonchev–Trinajstić information content (AvgIpc) is 3.09. The van der Waals surface area contributed by atoms with E-state index in [2.05, 4.69) is 35.1 Å². The van der Waals surface area contributed by atoms with Gasteiger partial charge in [-0.15, -0.1) is 0 Å². The molecule has 17 heavy (non-hydrogen) atoms. The zero-order valence-electron chi connectivity index (χ0n) is 10.5. The van der Waals surface area contributed by atoms with Gasteiger partial charge in [-0.2, -0.15) is 0 Å². The molecule has 0 bridgehead atoms. The van der Waals surface area contributed by atoms with E-state index >= 15 is 0 Å². The molecule has 1 aliphatic carbocycles. The summed E-state index contributed by atoms with van der Waals surface area (Å²) in [6.45, 7) is 6.22. The molecule has 1 saturated carbocycles. The molecule has 0 aliphatic heterocycles. The van der Waals surface area contributed by atoms with Crippen molar-refractivity contribution in [2.45, 2.75) is 32.7 Å². The highest BCUT2D eigenvalue weighted by Crippen LogP contribution is 2.27. The molecule has 0 saturated heterocycles. The van der Waals surface area contributed by atoms with Crippen molar-refractivity contribution in [3.8, 4) is 5.75 Å². The van der Waals surface area contributed by atoms with E-state index in [-0.39, 0.29) is 5.41 Å². The van der Waals surface area contributed by atoms with Crippen LogP contribution in [0.25, 0.3) is 0 Å². The number of halogens is 1. The van der Waals surface area contributed by atoms with Crippen LogP contribution in [0, 0.1) is 5.41 Å². The fourth-order valence-corrected chi connectivity index (χ4v) is 1.99. The second kappa shape index (κ2) is 5.40. The van der Waals surface area contributed by atoms with Gasteiger partial charge in [0.2, 0.25) is 0 Å². The number of para-hydroxylation sites is 1. The van der Waals surface area contributed by atoms with Crippen molar-refractivity contribution in [2.24, 2.45) is 5.41 Å². The van der Waals surface area contributed by atoms with E-state index in [4.69, 9.17) is 4.74 Å². The predicted molar refractivity (Wildman–Crippen MR) is 74.4 cm³/mol. The first-order valence-electron chi connectivity index (χ1n) is 6.17. The van der Waals surface area contributed by atoms with Gasteiger partial charge in [-0.3, -0.25) is 0 Å². The van der Waals surface area contributed by atoms with Crippen LogP contribution in [0.15, 0.2) is 28.7 Å². The van der Waals surface area contributed by atoms with Crippen LogP contribution in [0.3, 0.4) is 0 Å². The zero-order valence-corrected chi connectivity index (χ0v) is 12.1. The fraction of sp³-hybridized carbons (Fsp3) is 0.571. The molecule has 2 rings (SSSR count). The average molecular weight is 298 g/mol. The first-order valence-corrected chi connectivity index (χ1v) is 6.97. The first kappa shape index (κ1) is 12.9. The van der Waals surface area contributed by atoms with Gasteiger partial charge in [0.05, 0.1) is 11.1 Å². The highest BCUT2D eigenvalue weighted by molar-refractivity contribution is 9.10. The number of hydrogen-bond donors (Lipinski definition) is 1. The van der Waals surface area contributed by atoms with Crippen LogP contribution in [0.2, 0.25) is 0 Å². The molecule has 0 spiro atoms. The van der Waals surface area contributed by atoms with Crippen molar-refractivity contribution in [1.82, 2.24) is 5.32 Å². The molecular weight excluding hydrogens is 278 g/mol. The van der Waals surface area contributed by atoms with Gasteiger partial charge < -0.3 is 10.1 Å². The van der Waals surface area contributed by atoms with E-state index in [1.54, 1.807) is 0 Å². The van der Waals surface area contributed by atoms with E-state index in [0.717, 1.165) is 29.4 Å². The number of ether oxygens (including phenoxy) is 1. The number of rotatable bonds is 6. The fourth-order valence-electron chi connectivity index (χ4n) is 1.59. The molecule has 0 radical (unpaired) electrons. The maximum atomic E-state index is 5.87. The first-order chi connectivity index (χ1) is 8.07. The SMILES string of the molecule is CC(C)(CNC1CC1)COc1ccccc1Br. The highest BCUT2D eigenvalue weighted by atomic mass is 79.9. The van der Waals surface area contributed by atoms with E-state index in [9.17, 15) is 0 Å². The molecule has 1 aliphatic rings. The highest BCUT2D eigenvalue weighted by Gasteiger charge is 2.25. The van der Waals surface area contributed by atoms with Gasteiger partial charge in [-0.1, -0.05) is 26.0 Å². The normalized spacial score (nSPS) is 15.9. The molecule has 0 unspecified atom stereocenters. The van der Waals surface area contributed by atoms with E-state index < -0.39 is 0 Å². The van der Waals surface area contributed by atoms with Crippen molar-refractivity contribution in [2.75, 3.05) is 13.2 Å². The van der Waals surface area contributed by atoms with E-state index in [1.807, 2.05) is 24.3 Å². The Morgan fingerprint density at radius 3 is 2.71 bits per heavy atom. The summed E-state index contributed by atoms with van der Waals surface area (Å²) in [4.78, 5) is 0. The van der Waals surface area contributed by atoms with Crippen LogP contribution < -0.4 is 10.1 Å². The van der Waals surface area contributed by atoms with Gasteiger partial charge in [0, 0.05) is 18.0 Å². The Bertz CT molecular complexity index is 374. The third-order valence-electron chi connectivity index (χ3n) is 2.90. The molecule has 1 N–H and O–H groups in total. The minimum absolute atomic E-state index is 0.165. The molecule has 1 fully saturated rings. The van der Waals surface area contributed by atoms with Crippen molar-refractivity contribution >= 4 is 15.9 Å². The minimum atomic E-state index is 0.165.